The minimum absolute atomic E-state index is 0.732. The number of benzene rings is 1. The van der Waals surface area contributed by atoms with Crippen molar-refractivity contribution in [2.24, 2.45) is 0 Å². The van der Waals surface area contributed by atoms with Gasteiger partial charge in [0.2, 0.25) is 0 Å². The Morgan fingerprint density at radius 1 is 1.33 bits per heavy atom. The van der Waals surface area contributed by atoms with Crippen molar-refractivity contribution < 1.29 is 4.79 Å². The van der Waals surface area contributed by atoms with E-state index in [0.717, 1.165) is 24.9 Å². The molecule has 1 aromatic carbocycles. The van der Waals surface area contributed by atoms with Crippen LogP contribution in [0.3, 0.4) is 0 Å². The van der Waals surface area contributed by atoms with E-state index >= 15 is 0 Å². The van der Waals surface area contributed by atoms with Gasteiger partial charge in [0.25, 0.3) is 0 Å². The van der Waals surface area contributed by atoms with E-state index < -0.39 is 0 Å². The summed E-state index contributed by atoms with van der Waals surface area (Å²) in [6.45, 7) is 3.91. The van der Waals surface area contributed by atoms with Crippen LogP contribution in [0.25, 0.3) is 0 Å². The third-order valence-electron chi connectivity index (χ3n) is 1.69. The predicted octanol–water partition coefficient (Wildman–Crippen LogP) is 1.61. The molecule has 0 aromatic heterocycles. The van der Waals surface area contributed by atoms with Gasteiger partial charge >= 0.3 is 0 Å². The maximum absolute atomic E-state index is 10.3. The van der Waals surface area contributed by atoms with Crippen LogP contribution in [0.2, 0.25) is 0 Å². The Hall–Kier alpha value is -1.15. The van der Waals surface area contributed by atoms with E-state index in [9.17, 15) is 4.79 Å². The van der Waals surface area contributed by atoms with Crippen LogP contribution < -0.4 is 5.32 Å². The Morgan fingerprint density at radius 3 is 2.50 bits per heavy atom. The largest absolute Gasteiger partial charge is 0.313 e. The van der Waals surface area contributed by atoms with Gasteiger partial charge in [-0.2, -0.15) is 0 Å². The molecule has 2 heteroatoms. The van der Waals surface area contributed by atoms with Gasteiger partial charge in [0, 0.05) is 12.1 Å². The van der Waals surface area contributed by atoms with Gasteiger partial charge in [-0.3, -0.25) is 4.79 Å². The van der Waals surface area contributed by atoms with Crippen molar-refractivity contribution in [1.82, 2.24) is 5.32 Å². The summed E-state index contributed by atoms with van der Waals surface area (Å²) >= 11 is 0. The van der Waals surface area contributed by atoms with Gasteiger partial charge in [0.05, 0.1) is 0 Å². The first-order chi connectivity index (χ1) is 5.86. The second kappa shape index (κ2) is 4.67. The molecule has 0 aliphatic rings. The highest BCUT2D eigenvalue weighted by atomic mass is 16.1. The fourth-order valence-electron chi connectivity index (χ4n) is 0.983. The molecule has 2 nitrogen and oxygen atoms in total. The number of hydrogen-bond acceptors (Lipinski definition) is 2. The summed E-state index contributed by atoms with van der Waals surface area (Å²) in [6, 6.07) is 7.60. The average molecular weight is 163 g/mol. The molecule has 0 spiro atoms. The van der Waals surface area contributed by atoms with Crippen LogP contribution in [0.1, 0.15) is 22.8 Å². The van der Waals surface area contributed by atoms with Gasteiger partial charge in [-0.1, -0.05) is 31.2 Å². The smallest absolute Gasteiger partial charge is 0.150 e. The first-order valence-electron chi connectivity index (χ1n) is 4.11. The minimum Gasteiger partial charge on any atom is -0.313 e. The summed E-state index contributed by atoms with van der Waals surface area (Å²) in [5, 5.41) is 3.21. The fraction of sp³-hybridized carbons (Fsp3) is 0.300. The molecule has 0 radical (unpaired) electrons. The lowest BCUT2D eigenvalue weighted by Crippen LogP contribution is -2.11. The molecule has 1 aromatic rings. The minimum atomic E-state index is 0.732. The van der Waals surface area contributed by atoms with Crippen LogP contribution in [0, 0.1) is 0 Å². The molecule has 0 bridgehead atoms. The van der Waals surface area contributed by atoms with Gasteiger partial charge in [-0.05, 0) is 12.1 Å². The SMILES string of the molecule is CCNCc1ccc(C=O)cc1. The molecule has 1 rings (SSSR count). The highest BCUT2D eigenvalue weighted by Crippen LogP contribution is 2.01. The molecule has 0 unspecified atom stereocenters. The summed E-state index contributed by atoms with van der Waals surface area (Å²) in [7, 11) is 0. The Labute approximate surface area is 72.6 Å². The first kappa shape index (κ1) is 8.94. The molecule has 0 fully saturated rings. The molecule has 0 aliphatic carbocycles. The molecule has 0 atom stereocenters. The van der Waals surface area contributed by atoms with Crippen molar-refractivity contribution in [3.05, 3.63) is 35.4 Å². The molecule has 0 aliphatic heterocycles. The topological polar surface area (TPSA) is 29.1 Å². The van der Waals surface area contributed by atoms with Gasteiger partial charge in [0.15, 0.2) is 0 Å². The second-order valence-electron chi connectivity index (χ2n) is 2.64. The summed E-state index contributed by atoms with van der Waals surface area (Å²) in [6.07, 6.45) is 0.858. The van der Waals surface area contributed by atoms with E-state index in [-0.39, 0.29) is 0 Å². The summed E-state index contributed by atoms with van der Waals surface area (Å²) in [5.74, 6) is 0. The lowest BCUT2D eigenvalue weighted by Gasteiger charge is -2.00. The average Bonchev–Trinajstić information content (AvgIpc) is 2.15. The van der Waals surface area contributed by atoms with Gasteiger partial charge in [-0.15, -0.1) is 0 Å². The zero-order chi connectivity index (χ0) is 8.81. The van der Waals surface area contributed by atoms with Crippen LogP contribution in [-0.2, 0) is 6.54 Å². The molecule has 12 heavy (non-hydrogen) atoms. The van der Waals surface area contributed by atoms with Crippen molar-refractivity contribution in [2.75, 3.05) is 6.54 Å². The normalized spacial score (nSPS) is 9.75. The lowest BCUT2D eigenvalue weighted by atomic mass is 10.1. The summed E-state index contributed by atoms with van der Waals surface area (Å²) < 4.78 is 0. The zero-order valence-corrected chi connectivity index (χ0v) is 7.21. The molecule has 0 saturated heterocycles. The van der Waals surface area contributed by atoms with Crippen LogP contribution in [0.4, 0.5) is 0 Å². The van der Waals surface area contributed by atoms with E-state index in [2.05, 4.69) is 12.2 Å². The Morgan fingerprint density at radius 2 is 2.00 bits per heavy atom. The maximum Gasteiger partial charge on any atom is 0.150 e. The van der Waals surface area contributed by atoms with Crippen LogP contribution in [-0.4, -0.2) is 12.8 Å². The Balaban J connectivity index is 2.58. The van der Waals surface area contributed by atoms with E-state index in [1.54, 1.807) is 0 Å². The molecule has 1 N–H and O–H groups in total. The molecule has 64 valence electrons. The standard InChI is InChI=1S/C10H13NO/c1-2-11-7-9-3-5-10(8-12)6-4-9/h3-6,8,11H,2,7H2,1H3. The monoisotopic (exact) mass is 163 g/mol. The third kappa shape index (κ3) is 2.47. The predicted molar refractivity (Wildman–Crippen MR) is 49.2 cm³/mol. The highest BCUT2D eigenvalue weighted by molar-refractivity contribution is 5.74. The second-order valence-corrected chi connectivity index (χ2v) is 2.64. The van der Waals surface area contributed by atoms with E-state index in [1.807, 2.05) is 24.3 Å². The molecule has 0 saturated carbocycles. The fourth-order valence-corrected chi connectivity index (χ4v) is 0.983. The maximum atomic E-state index is 10.3. The van der Waals surface area contributed by atoms with E-state index in [4.69, 9.17) is 0 Å². The van der Waals surface area contributed by atoms with Crippen molar-refractivity contribution in [3.63, 3.8) is 0 Å². The van der Waals surface area contributed by atoms with Crippen molar-refractivity contribution in [2.45, 2.75) is 13.5 Å². The van der Waals surface area contributed by atoms with E-state index in [0.29, 0.717) is 0 Å². The lowest BCUT2D eigenvalue weighted by molar-refractivity contribution is 0.112. The zero-order valence-electron chi connectivity index (χ0n) is 7.21. The number of rotatable bonds is 4. The third-order valence-corrected chi connectivity index (χ3v) is 1.69. The Bertz CT molecular complexity index is 241. The first-order valence-corrected chi connectivity index (χ1v) is 4.11. The van der Waals surface area contributed by atoms with Crippen molar-refractivity contribution >= 4 is 6.29 Å². The quantitative estimate of drug-likeness (QED) is 0.683. The summed E-state index contributed by atoms with van der Waals surface area (Å²) in [5.41, 5.74) is 1.94. The van der Waals surface area contributed by atoms with Crippen LogP contribution in [0.15, 0.2) is 24.3 Å². The number of nitrogens with one attached hydrogen (secondary N) is 1. The van der Waals surface area contributed by atoms with Gasteiger partial charge in [0.1, 0.15) is 6.29 Å². The molecule has 0 heterocycles. The van der Waals surface area contributed by atoms with Crippen molar-refractivity contribution in [3.8, 4) is 0 Å². The number of hydrogen-bond donors (Lipinski definition) is 1. The Kier molecular flexibility index (Phi) is 3.48. The number of carbonyl (C=O) groups is 1. The molecular formula is C10H13NO. The highest BCUT2D eigenvalue weighted by Gasteiger charge is 1.91. The van der Waals surface area contributed by atoms with Crippen molar-refractivity contribution in [1.29, 1.82) is 0 Å². The number of aldehydes is 1. The van der Waals surface area contributed by atoms with Gasteiger partial charge < -0.3 is 5.32 Å². The van der Waals surface area contributed by atoms with Gasteiger partial charge in [-0.25, -0.2) is 0 Å². The van der Waals surface area contributed by atoms with Crippen LogP contribution >= 0.6 is 0 Å². The number of carbonyl (C=O) groups excluding carboxylic acids is 1. The van der Waals surface area contributed by atoms with Crippen LogP contribution in [0.5, 0.6) is 0 Å². The summed E-state index contributed by atoms with van der Waals surface area (Å²) in [4.78, 5) is 10.3. The molecule has 0 amide bonds. The van der Waals surface area contributed by atoms with E-state index in [1.165, 1.54) is 5.56 Å². The molecular weight excluding hydrogens is 150 g/mol.